The van der Waals surface area contributed by atoms with Crippen LogP contribution in [-0.4, -0.2) is 17.1 Å². The summed E-state index contributed by atoms with van der Waals surface area (Å²) in [6, 6.07) is 3.77. The van der Waals surface area contributed by atoms with Crippen LogP contribution in [0.3, 0.4) is 0 Å². The molecule has 64 valence electrons. The number of rotatable bonds is 2. The summed E-state index contributed by atoms with van der Waals surface area (Å²) in [5, 5.41) is 8.65. The van der Waals surface area contributed by atoms with E-state index in [4.69, 9.17) is 10.8 Å². The number of carbonyl (C=O) groups is 1. The quantitative estimate of drug-likeness (QED) is 0.725. The predicted molar refractivity (Wildman–Crippen MR) is 46.6 cm³/mol. The van der Waals surface area contributed by atoms with E-state index >= 15 is 0 Å². The van der Waals surface area contributed by atoms with Crippen LogP contribution in [0.15, 0.2) is 12.1 Å². The van der Waals surface area contributed by atoms with Crippen molar-refractivity contribution in [1.82, 2.24) is 0 Å². The fraction of sp³-hybridized carbons (Fsp3) is 0.375. The molecule has 0 amide bonds. The molecule has 1 aliphatic carbocycles. The van der Waals surface area contributed by atoms with Crippen molar-refractivity contribution >= 4 is 17.3 Å². The van der Waals surface area contributed by atoms with E-state index in [0.717, 1.165) is 11.3 Å². The highest BCUT2D eigenvalue weighted by molar-refractivity contribution is 7.14. The minimum absolute atomic E-state index is 0.255. The van der Waals surface area contributed by atoms with E-state index in [1.165, 1.54) is 11.3 Å². The van der Waals surface area contributed by atoms with Gasteiger partial charge in [0.2, 0.25) is 0 Å². The van der Waals surface area contributed by atoms with Crippen molar-refractivity contribution in [1.29, 1.82) is 0 Å². The maximum Gasteiger partial charge on any atom is 0.345 e. The largest absolute Gasteiger partial charge is 0.477 e. The Labute approximate surface area is 73.8 Å². The van der Waals surface area contributed by atoms with Gasteiger partial charge in [0.05, 0.1) is 0 Å². The third kappa shape index (κ3) is 1.23. The molecule has 0 aromatic carbocycles. The van der Waals surface area contributed by atoms with Crippen molar-refractivity contribution in [2.24, 2.45) is 5.73 Å². The Morgan fingerprint density at radius 1 is 1.67 bits per heavy atom. The number of carboxylic acids is 1. The molecule has 1 fully saturated rings. The number of carboxylic acid groups (broad SMARTS) is 1. The highest BCUT2D eigenvalue weighted by Crippen LogP contribution is 2.42. The summed E-state index contributed by atoms with van der Waals surface area (Å²) < 4.78 is 0. The molecule has 1 aromatic heterocycles. The highest BCUT2D eigenvalue weighted by atomic mass is 32.1. The molecule has 0 bridgehead atoms. The van der Waals surface area contributed by atoms with Crippen molar-refractivity contribution in [3.05, 3.63) is 21.9 Å². The molecule has 1 heterocycles. The lowest BCUT2D eigenvalue weighted by Gasteiger charge is -1.88. The van der Waals surface area contributed by atoms with Crippen molar-refractivity contribution in [2.45, 2.75) is 18.4 Å². The molecule has 12 heavy (non-hydrogen) atoms. The van der Waals surface area contributed by atoms with Crippen LogP contribution >= 0.6 is 11.3 Å². The Morgan fingerprint density at radius 3 is 2.75 bits per heavy atom. The maximum absolute atomic E-state index is 10.5. The van der Waals surface area contributed by atoms with E-state index in [9.17, 15) is 4.79 Å². The lowest BCUT2D eigenvalue weighted by molar-refractivity contribution is 0.0702. The van der Waals surface area contributed by atoms with E-state index in [1.807, 2.05) is 6.07 Å². The molecule has 0 spiro atoms. The van der Waals surface area contributed by atoms with E-state index in [2.05, 4.69) is 0 Å². The SMILES string of the molecule is N[C@@H]1C[C@H]1c1ccc(C(=O)O)s1. The first-order valence-corrected chi connectivity index (χ1v) is 4.58. The van der Waals surface area contributed by atoms with Gasteiger partial charge < -0.3 is 10.8 Å². The molecular formula is C8H9NO2S. The molecule has 1 saturated carbocycles. The Kier molecular flexibility index (Phi) is 1.66. The minimum Gasteiger partial charge on any atom is -0.477 e. The van der Waals surface area contributed by atoms with E-state index in [-0.39, 0.29) is 6.04 Å². The van der Waals surface area contributed by atoms with Crippen LogP contribution in [0.5, 0.6) is 0 Å². The first-order valence-electron chi connectivity index (χ1n) is 3.77. The molecule has 2 rings (SSSR count). The molecular weight excluding hydrogens is 174 g/mol. The topological polar surface area (TPSA) is 63.3 Å². The smallest absolute Gasteiger partial charge is 0.345 e. The lowest BCUT2D eigenvalue weighted by atomic mass is 10.3. The first-order chi connectivity index (χ1) is 5.68. The molecule has 1 aliphatic rings. The number of hydrogen-bond donors (Lipinski definition) is 2. The molecule has 3 nitrogen and oxygen atoms in total. The number of nitrogens with two attached hydrogens (primary N) is 1. The second-order valence-corrected chi connectivity index (χ2v) is 4.13. The Morgan fingerprint density at radius 2 is 2.33 bits per heavy atom. The van der Waals surface area contributed by atoms with Crippen molar-refractivity contribution < 1.29 is 9.90 Å². The summed E-state index contributed by atoms with van der Waals surface area (Å²) in [5.74, 6) is -0.427. The summed E-state index contributed by atoms with van der Waals surface area (Å²) in [6.45, 7) is 0. The van der Waals surface area contributed by atoms with Gasteiger partial charge >= 0.3 is 5.97 Å². The average Bonchev–Trinajstić information content (AvgIpc) is 2.59. The number of thiophene rings is 1. The van der Waals surface area contributed by atoms with Crippen LogP contribution in [0.4, 0.5) is 0 Å². The second kappa shape index (κ2) is 2.57. The van der Waals surface area contributed by atoms with Crippen LogP contribution in [0.2, 0.25) is 0 Å². The van der Waals surface area contributed by atoms with Gasteiger partial charge in [-0.3, -0.25) is 0 Å². The van der Waals surface area contributed by atoms with Crippen LogP contribution in [0.25, 0.3) is 0 Å². The molecule has 0 saturated heterocycles. The lowest BCUT2D eigenvalue weighted by Crippen LogP contribution is -1.99. The van der Waals surface area contributed by atoms with Gasteiger partial charge in [0.1, 0.15) is 4.88 Å². The number of hydrogen-bond acceptors (Lipinski definition) is 3. The summed E-state index contributed by atoms with van der Waals surface area (Å²) in [4.78, 5) is 12.0. The van der Waals surface area contributed by atoms with Gasteiger partial charge in [-0.25, -0.2) is 4.79 Å². The predicted octanol–water partition coefficient (Wildman–Crippen LogP) is 1.26. The Hall–Kier alpha value is -0.870. The molecule has 0 unspecified atom stereocenters. The van der Waals surface area contributed by atoms with Crippen LogP contribution in [0.1, 0.15) is 26.9 Å². The second-order valence-electron chi connectivity index (χ2n) is 3.01. The van der Waals surface area contributed by atoms with Crippen LogP contribution < -0.4 is 5.73 Å². The van der Waals surface area contributed by atoms with Crippen molar-refractivity contribution in [3.63, 3.8) is 0 Å². The van der Waals surface area contributed by atoms with Gasteiger partial charge in [0.15, 0.2) is 0 Å². The van der Waals surface area contributed by atoms with E-state index in [1.54, 1.807) is 6.07 Å². The minimum atomic E-state index is -0.847. The van der Waals surface area contributed by atoms with Gasteiger partial charge in [-0.15, -0.1) is 11.3 Å². The Balaban J connectivity index is 2.19. The maximum atomic E-state index is 10.5. The molecule has 2 atom stereocenters. The van der Waals surface area contributed by atoms with Gasteiger partial charge in [-0.05, 0) is 18.6 Å². The third-order valence-corrected chi connectivity index (χ3v) is 3.25. The molecule has 1 aromatic rings. The molecule has 4 heteroatoms. The zero-order chi connectivity index (χ0) is 8.72. The average molecular weight is 183 g/mol. The standard InChI is InChI=1S/C8H9NO2S/c9-5-3-4(5)6-1-2-7(12-6)8(10)11/h1-2,4-5H,3,9H2,(H,10,11)/t4-,5-/m1/s1. The zero-order valence-electron chi connectivity index (χ0n) is 6.36. The van der Waals surface area contributed by atoms with E-state index in [0.29, 0.717) is 10.8 Å². The molecule has 0 radical (unpaired) electrons. The summed E-state index contributed by atoms with van der Waals surface area (Å²) in [6.07, 6.45) is 1.000. The van der Waals surface area contributed by atoms with Gasteiger partial charge in [-0.2, -0.15) is 0 Å². The summed E-state index contributed by atoms with van der Waals surface area (Å²) in [7, 11) is 0. The van der Waals surface area contributed by atoms with Crippen molar-refractivity contribution in [2.75, 3.05) is 0 Å². The first kappa shape index (κ1) is 7.76. The van der Waals surface area contributed by atoms with Gasteiger partial charge in [-0.1, -0.05) is 0 Å². The monoisotopic (exact) mass is 183 g/mol. The third-order valence-electron chi connectivity index (χ3n) is 2.04. The highest BCUT2D eigenvalue weighted by Gasteiger charge is 2.36. The van der Waals surface area contributed by atoms with Crippen LogP contribution in [0, 0.1) is 0 Å². The van der Waals surface area contributed by atoms with Crippen LogP contribution in [-0.2, 0) is 0 Å². The summed E-state index contributed by atoms with van der Waals surface area (Å²) in [5.41, 5.74) is 5.64. The zero-order valence-corrected chi connectivity index (χ0v) is 7.17. The van der Waals surface area contributed by atoms with E-state index < -0.39 is 5.97 Å². The molecule has 0 aliphatic heterocycles. The fourth-order valence-electron chi connectivity index (χ4n) is 1.21. The fourth-order valence-corrected chi connectivity index (χ4v) is 2.24. The normalized spacial score (nSPS) is 27.1. The van der Waals surface area contributed by atoms with Gasteiger partial charge in [0, 0.05) is 16.8 Å². The summed E-state index contributed by atoms with van der Waals surface area (Å²) >= 11 is 1.34. The Bertz CT molecular complexity index is 321. The van der Waals surface area contributed by atoms with Crippen molar-refractivity contribution in [3.8, 4) is 0 Å². The number of aromatic carboxylic acids is 1. The van der Waals surface area contributed by atoms with Gasteiger partial charge in [0.25, 0.3) is 0 Å². The molecule has 3 N–H and O–H groups in total.